The van der Waals surface area contributed by atoms with Crippen LogP contribution < -0.4 is 0 Å². The number of carboxylic acids is 1. The van der Waals surface area contributed by atoms with Crippen LogP contribution in [0.2, 0.25) is 0 Å². The predicted molar refractivity (Wildman–Crippen MR) is 77.5 cm³/mol. The van der Waals surface area contributed by atoms with Crippen molar-refractivity contribution in [1.82, 2.24) is 0 Å². The van der Waals surface area contributed by atoms with Crippen molar-refractivity contribution < 1.29 is 9.90 Å². The summed E-state index contributed by atoms with van der Waals surface area (Å²) in [6, 6.07) is 10.7. The normalized spacial score (nSPS) is 45.5. The van der Waals surface area contributed by atoms with Crippen LogP contribution in [0.5, 0.6) is 0 Å². The van der Waals surface area contributed by atoms with Gasteiger partial charge in [0.25, 0.3) is 0 Å². The van der Waals surface area contributed by atoms with Gasteiger partial charge in [0, 0.05) is 0 Å². The molecule has 4 saturated carbocycles. The molecule has 4 fully saturated rings. The van der Waals surface area contributed by atoms with E-state index in [0.29, 0.717) is 5.92 Å². The summed E-state index contributed by atoms with van der Waals surface area (Å²) >= 11 is 0. The highest BCUT2D eigenvalue weighted by Crippen LogP contribution is 2.69. The minimum absolute atomic E-state index is 0.119. The van der Waals surface area contributed by atoms with Crippen LogP contribution in [0.3, 0.4) is 0 Å². The van der Waals surface area contributed by atoms with Gasteiger partial charge in [0.15, 0.2) is 0 Å². The average Bonchev–Trinajstić information content (AvgIpc) is 2.37. The van der Waals surface area contributed by atoms with Gasteiger partial charge >= 0.3 is 5.97 Å². The van der Waals surface area contributed by atoms with Crippen LogP contribution in [-0.2, 0) is 10.2 Å². The van der Waals surface area contributed by atoms with E-state index in [2.05, 4.69) is 37.3 Å². The molecule has 2 nitrogen and oxygen atoms in total. The van der Waals surface area contributed by atoms with Gasteiger partial charge < -0.3 is 5.11 Å². The van der Waals surface area contributed by atoms with Gasteiger partial charge in [0.2, 0.25) is 0 Å². The van der Waals surface area contributed by atoms with Gasteiger partial charge in [-0.3, -0.25) is 4.79 Å². The lowest BCUT2D eigenvalue weighted by Gasteiger charge is -2.64. The fourth-order valence-electron chi connectivity index (χ4n) is 6.27. The molecule has 20 heavy (non-hydrogen) atoms. The van der Waals surface area contributed by atoms with Crippen LogP contribution in [0.25, 0.3) is 0 Å². The van der Waals surface area contributed by atoms with Crippen molar-refractivity contribution in [1.29, 1.82) is 0 Å². The quantitative estimate of drug-likeness (QED) is 0.882. The Labute approximate surface area is 120 Å². The third-order valence-electron chi connectivity index (χ3n) is 6.19. The Bertz CT molecular complexity index is 566. The first-order valence-corrected chi connectivity index (χ1v) is 7.75. The second-order valence-corrected chi connectivity index (χ2v) is 8.05. The maximum atomic E-state index is 12.0. The molecule has 0 aliphatic heterocycles. The van der Waals surface area contributed by atoms with Crippen LogP contribution in [-0.4, -0.2) is 11.1 Å². The van der Waals surface area contributed by atoms with Crippen molar-refractivity contribution in [3.05, 3.63) is 35.9 Å². The highest BCUT2D eigenvalue weighted by molar-refractivity contribution is 5.76. The van der Waals surface area contributed by atoms with E-state index in [4.69, 9.17) is 0 Å². The van der Waals surface area contributed by atoms with Gasteiger partial charge in [-0.1, -0.05) is 37.3 Å². The van der Waals surface area contributed by atoms with Gasteiger partial charge in [0.1, 0.15) is 0 Å². The molecule has 4 aliphatic carbocycles. The van der Waals surface area contributed by atoms with Crippen LogP contribution in [0.4, 0.5) is 0 Å². The molecule has 2 heteroatoms. The van der Waals surface area contributed by atoms with Crippen molar-refractivity contribution in [3.8, 4) is 0 Å². The van der Waals surface area contributed by atoms with E-state index in [1.807, 2.05) is 0 Å². The van der Waals surface area contributed by atoms with Gasteiger partial charge in [-0.2, -0.15) is 0 Å². The van der Waals surface area contributed by atoms with E-state index in [1.165, 1.54) is 24.8 Å². The van der Waals surface area contributed by atoms with Crippen LogP contribution >= 0.6 is 0 Å². The topological polar surface area (TPSA) is 37.3 Å². The third kappa shape index (κ3) is 1.54. The lowest BCUT2D eigenvalue weighted by atomic mass is 9.39. The van der Waals surface area contributed by atoms with Gasteiger partial charge in [0.05, 0.1) is 5.41 Å². The van der Waals surface area contributed by atoms with Crippen LogP contribution in [0.1, 0.15) is 51.0 Å². The zero-order chi connectivity index (χ0) is 14.0. The Morgan fingerprint density at radius 2 is 1.85 bits per heavy atom. The first-order chi connectivity index (χ1) is 9.46. The number of rotatable bonds is 2. The van der Waals surface area contributed by atoms with Gasteiger partial charge in [-0.15, -0.1) is 0 Å². The van der Waals surface area contributed by atoms with E-state index >= 15 is 0 Å². The first-order valence-electron chi connectivity index (χ1n) is 7.75. The molecule has 0 saturated heterocycles. The number of carbonyl (C=O) groups is 1. The zero-order valence-electron chi connectivity index (χ0n) is 12.1. The molecule has 1 aromatic rings. The van der Waals surface area contributed by atoms with E-state index in [-0.39, 0.29) is 10.8 Å². The van der Waals surface area contributed by atoms with Gasteiger partial charge in [-0.05, 0) is 60.8 Å². The summed E-state index contributed by atoms with van der Waals surface area (Å²) in [5.41, 5.74) is 1.27. The molecule has 4 bridgehead atoms. The molecule has 106 valence electrons. The number of hydrogen-bond donors (Lipinski definition) is 1. The minimum atomic E-state index is -0.548. The largest absolute Gasteiger partial charge is 0.481 e. The summed E-state index contributed by atoms with van der Waals surface area (Å²) < 4.78 is 0. The lowest BCUT2D eigenvalue weighted by molar-refractivity contribution is -0.176. The summed E-state index contributed by atoms with van der Waals surface area (Å²) in [5.74, 6) is 0.0562. The number of carboxylic acid groups (broad SMARTS) is 1. The highest BCUT2D eigenvalue weighted by Gasteiger charge is 2.64. The zero-order valence-corrected chi connectivity index (χ0v) is 12.1. The Kier molecular flexibility index (Phi) is 2.28. The van der Waals surface area contributed by atoms with Gasteiger partial charge in [-0.25, -0.2) is 0 Å². The molecule has 0 aromatic heterocycles. The summed E-state index contributed by atoms with van der Waals surface area (Å²) in [5, 5.41) is 9.85. The fraction of sp³-hybridized carbons (Fsp3) is 0.611. The van der Waals surface area contributed by atoms with E-state index in [1.54, 1.807) is 0 Å². The molecule has 4 aliphatic rings. The van der Waals surface area contributed by atoms with E-state index < -0.39 is 11.4 Å². The maximum Gasteiger partial charge on any atom is 0.309 e. The monoisotopic (exact) mass is 270 g/mol. The summed E-state index contributed by atoms with van der Waals surface area (Å²) in [6.45, 7) is 2.33. The summed E-state index contributed by atoms with van der Waals surface area (Å²) in [6.07, 6.45) is 6.26. The van der Waals surface area contributed by atoms with Crippen molar-refractivity contribution >= 4 is 5.97 Å². The predicted octanol–water partition coefficient (Wildman–Crippen LogP) is 4.00. The van der Waals surface area contributed by atoms with Crippen LogP contribution in [0.15, 0.2) is 30.3 Å². The summed E-state index contributed by atoms with van der Waals surface area (Å²) in [4.78, 5) is 12.0. The molecule has 1 aromatic carbocycles. The van der Waals surface area contributed by atoms with Crippen molar-refractivity contribution in [3.63, 3.8) is 0 Å². The third-order valence-corrected chi connectivity index (χ3v) is 6.19. The Morgan fingerprint density at radius 1 is 1.10 bits per heavy atom. The number of aliphatic carboxylic acids is 1. The fourth-order valence-corrected chi connectivity index (χ4v) is 6.27. The average molecular weight is 270 g/mol. The molecule has 0 amide bonds. The lowest BCUT2D eigenvalue weighted by Crippen LogP contribution is -2.60. The van der Waals surface area contributed by atoms with Crippen LogP contribution in [0, 0.1) is 16.7 Å². The molecule has 4 atom stereocenters. The maximum absolute atomic E-state index is 12.0. The summed E-state index contributed by atoms with van der Waals surface area (Å²) in [7, 11) is 0. The molecule has 1 N–H and O–H groups in total. The molecule has 0 heterocycles. The molecule has 0 radical (unpaired) electrons. The molecular weight excluding hydrogens is 248 g/mol. The number of hydrogen-bond acceptors (Lipinski definition) is 1. The van der Waals surface area contributed by atoms with Crippen molar-refractivity contribution in [2.45, 2.75) is 50.9 Å². The molecule has 2 unspecified atom stereocenters. The minimum Gasteiger partial charge on any atom is -0.481 e. The van der Waals surface area contributed by atoms with Crippen molar-refractivity contribution in [2.75, 3.05) is 0 Å². The molecular formula is C18H22O2. The second kappa shape index (κ2) is 3.66. The number of benzene rings is 1. The van der Waals surface area contributed by atoms with Crippen molar-refractivity contribution in [2.24, 2.45) is 16.7 Å². The Morgan fingerprint density at radius 3 is 2.50 bits per heavy atom. The standard InChI is InChI=1S/C18H22O2/c1-16-7-13-8-17(10-16,14-5-3-2-4-6-14)12-18(9-13,11-16)15(19)20/h2-6,13H,7-12H2,1H3,(H,19,20)/t13?,16-,17-,18?/m0/s1. The molecule has 5 rings (SSSR count). The smallest absolute Gasteiger partial charge is 0.309 e. The Balaban J connectivity index is 1.85. The van der Waals surface area contributed by atoms with E-state index in [0.717, 1.165) is 19.3 Å². The Hall–Kier alpha value is -1.31. The highest BCUT2D eigenvalue weighted by atomic mass is 16.4. The first kappa shape index (κ1) is 12.4. The molecule has 0 spiro atoms. The second-order valence-electron chi connectivity index (χ2n) is 8.05. The van der Waals surface area contributed by atoms with E-state index in [9.17, 15) is 9.90 Å². The SMILES string of the molecule is C[C@@]12CC3CC(C(=O)O)(C1)C[C@](c1ccccc1)(C3)C2.